The maximum Gasteiger partial charge on any atom is 0.0971 e. The predicted molar refractivity (Wildman–Crippen MR) is 79.4 cm³/mol. The second kappa shape index (κ2) is 7.16. The summed E-state index contributed by atoms with van der Waals surface area (Å²) in [6, 6.07) is 5.84. The number of hydrogen-bond donors (Lipinski definition) is 1. The van der Waals surface area contributed by atoms with Gasteiger partial charge in [0.25, 0.3) is 0 Å². The van der Waals surface area contributed by atoms with Gasteiger partial charge in [0, 0.05) is 6.20 Å². The maximum absolute atomic E-state index is 10.1. The van der Waals surface area contributed by atoms with Gasteiger partial charge in [-0.15, -0.1) is 0 Å². The lowest BCUT2D eigenvalue weighted by molar-refractivity contribution is -0.105. The summed E-state index contributed by atoms with van der Waals surface area (Å²) in [5, 5.41) is 10.1. The van der Waals surface area contributed by atoms with Crippen molar-refractivity contribution >= 4 is 0 Å². The Morgan fingerprint density at radius 2 is 2.00 bits per heavy atom. The molecule has 4 nitrogen and oxygen atoms in total. The molecule has 0 saturated carbocycles. The number of aliphatic hydroxyl groups is 1. The Morgan fingerprint density at radius 1 is 1.30 bits per heavy atom. The van der Waals surface area contributed by atoms with Crippen molar-refractivity contribution in [3.63, 3.8) is 0 Å². The summed E-state index contributed by atoms with van der Waals surface area (Å²) in [6.07, 6.45) is 3.30. The highest BCUT2D eigenvalue weighted by Gasteiger charge is 2.31. The first-order valence-corrected chi connectivity index (χ1v) is 7.51. The molecule has 2 rings (SSSR count). The maximum atomic E-state index is 10.1. The van der Waals surface area contributed by atoms with Crippen LogP contribution in [0.1, 0.15) is 38.5 Å². The average Bonchev–Trinajstić information content (AvgIpc) is 2.46. The summed E-state index contributed by atoms with van der Waals surface area (Å²) in [7, 11) is 2.14. The summed E-state index contributed by atoms with van der Waals surface area (Å²) in [6.45, 7) is 5.99. The molecular weight excluding hydrogens is 252 g/mol. The summed E-state index contributed by atoms with van der Waals surface area (Å²) in [4.78, 5) is 6.66. The van der Waals surface area contributed by atoms with Crippen LogP contribution >= 0.6 is 0 Å². The molecule has 3 unspecified atom stereocenters. The number of rotatable bonds is 5. The van der Waals surface area contributed by atoms with Crippen LogP contribution in [-0.2, 0) is 4.74 Å². The molecule has 2 heterocycles. The zero-order valence-corrected chi connectivity index (χ0v) is 12.7. The van der Waals surface area contributed by atoms with E-state index in [1.807, 2.05) is 32.0 Å². The van der Waals surface area contributed by atoms with Crippen LogP contribution in [0.4, 0.5) is 0 Å². The van der Waals surface area contributed by atoms with E-state index in [9.17, 15) is 5.11 Å². The van der Waals surface area contributed by atoms with E-state index < -0.39 is 6.10 Å². The van der Waals surface area contributed by atoms with Gasteiger partial charge >= 0.3 is 0 Å². The normalized spacial score (nSPS) is 22.4. The highest BCUT2D eigenvalue weighted by atomic mass is 16.5. The highest BCUT2D eigenvalue weighted by Crippen LogP contribution is 2.28. The Balaban J connectivity index is 1.99. The SMILES string of the molecule is CC(OC(C(C)O)C1CCN(C)CC1)c1ccccn1. The first-order chi connectivity index (χ1) is 9.58. The van der Waals surface area contributed by atoms with Gasteiger partial charge in [-0.05, 0) is 64.9 Å². The molecule has 3 atom stereocenters. The Kier molecular flexibility index (Phi) is 5.52. The van der Waals surface area contributed by atoms with Crippen LogP contribution in [0.25, 0.3) is 0 Å². The second-order valence-corrected chi connectivity index (χ2v) is 5.88. The molecule has 0 amide bonds. The van der Waals surface area contributed by atoms with Crippen LogP contribution in [0.15, 0.2) is 24.4 Å². The molecule has 1 aliphatic rings. The van der Waals surface area contributed by atoms with E-state index in [0.29, 0.717) is 5.92 Å². The minimum atomic E-state index is -0.449. The van der Waals surface area contributed by atoms with Gasteiger partial charge in [0.2, 0.25) is 0 Å². The Bertz CT molecular complexity index is 389. The fraction of sp³-hybridized carbons (Fsp3) is 0.688. The molecule has 4 heteroatoms. The van der Waals surface area contributed by atoms with Crippen molar-refractivity contribution in [2.24, 2.45) is 5.92 Å². The largest absolute Gasteiger partial charge is 0.391 e. The van der Waals surface area contributed by atoms with Crippen molar-refractivity contribution in [2.45, 2.75) is 45.0 Å². The van der Waals surface area contributed by atoms with Gasteiger partial charge in [0.1, 0.15) is 0 Å². The van der Waals surface area contributed by atoms with Gasteiger partial charge in [0.15, 0.2) is 0 Å². The van der Waals surface area contributed by atoms with E-state index in [0.717, 1.165) is 31.6 Å². The van der Waals surface area contributed by atoms with Crippen molar-refractivity contribution in [3.05, 3.63) is 30.1 Å². The summed E-state index contributed by atoms with van der Waals surface area (Å²) >= 11 is 0. The third-order valence-electron chi connectivity index (χ3n) is 4.17. The van der Waals surface area contributed by atoms with Crippen LogP contribution in [0.2, 0.25) is 0 Å². The molecule has 0 aromatic carbocycles. The molecule has 0 spiro atoms. The predicted octanol–water partition coefficient (Wildman–Crippen LogP) is 2.25. The number of pyridine rings is 1. The van der Waals surface area contributed by atoms with Crippen molar-refractivity contribution in [1.82, 2.24) is 9.88 Å². The zero-order chi connectivity index (χ0) is 14.5. The lowest BCUT2D eigenvalue weighted by Crippen LogP contribution is -2.41. The summed E-state index contributed by atoms with van der Waals surface area (Å²) < 4.78 is 6.14. The summed E-state index contributed by atoms with van der Waals surface area (Å²) in [5.41, 5.74) is 0.922. The lowest BCUT2D eigenvalue weighted by atomic mass is 9.88. The van der Waals surface area contributed by atoms with E-state index in [1.54, 1.807) is 6.20 Å². The number of hydrogen-bond acceptors (Lipinski definition) is 4. The fourth-order valence-electron chi connectivity index (χ4n) is 2.90. The average molecular weight is 278 g/mol. The van der Waals surface area contributed by atoms with E-state index in [2.05, 4.69) is 16.9 Å². The molecule has 1 N–H and O–H groups in total. The molecule has 112 valence electrons. The van der Waals surface area contributed by atoms with Crippen molar-refractivity contribution in [1.29, 1.82) is 0 Å². The van der Waals surface area contributed by atoms with E-state index >= 15 is 0 Å². The van der Waals surface area contributed by atoms with E-state index in [4.69, 9.17) is 4.74 Å². The van der Waals surface area contributed by atoms with Gasteiger partial charge in [-0.2, -0.15) is 0 Å². The lowest BCUT2D eigenvalue weighted by Gasteiger charge is -2.36. The standard InChI is InChI=1S/C16H26N2O2/c1-12(19)16(14-7-10-18(3)11-8-14)20-13(2)15-6-4-5-9-17-15/h4-6,9,12-14,16,19H,7-8,10-11H2,1-3H3. The number of nitrogens with zero attached hydrogens (tertiary/aromatic N) is 2. The Hall–Kier alpha value is -0.970. The first kappa shape index (κ1) is 15.4. The number of aromatic nitrogens is 1. The van der Waals surface area contributed by atoms with Gasteiger partial charge in [-0.25, -0.2) is 0 Å². The Labute approximate surface area is 121 Å². The molecule has 20 heavy (non-hydrogen) atoms. The van der Waals surface area contributed by atoms with Gasteiger partial charge in [-0.3, -0.25) is 4.98 Å². The summed E-state index contributed by atoms with van der Waals surface area (Å²) in [5.74, 6) is 0.428. The van der Waals surface area contributed by atoms with Gasteiger partial charge in [-0.1, -0.05) is 6.07 Å². The van der Waals surface area contributed by atoms with Crippen molar-refractivity contribution < 1.29 is 9.84 Å². The third kappa shape index (κ3) is 4.01. The quantitative estimate of drug-likeness (QED) is 0.897. The molecule has 0 radical (unpaired) electrons. The zero-order valence-electron chi connectivity index (χ0n) is 12.7. The third-order valence-corrected chi connectivity index (χ3v) is 4.17. The van der Waals surface area contributed by atoms with E-state index in [-0.39, 0.29) is 12.2 Å². The molecule has 0 aliphatic carbocycles. The van der Waals surface area contributed by atoms with Crippen molar-refractivity contribution in [2.75, 3.05) is 20.1 Å². The number of likely N-dealkylation sites (tertiary alicyclic amines) is 1. The number of ether oxygens (including phenoxy) is 1. The van der Waals surface area contributed by atoms with Crippen LogP contribution in [0.3, 0.4) is 0 Å². The molecule has 1 saturated heterocycles. The van der Waals surface area contributed by atoms with Crippen LogP contribution in [-0.4, -0.2) is 47.3 Å². The fourth-order valence-corrected chi connectivity index (χ4v) is 2.90. The molecule has 1 aliphatic heterocycles. The molecule has 0 bridgehead atoms. The first-order valence-electron chi connectivity index (χ1n) is 7.51. The van der Waals surface area contributed by atoms with Gasteiger partial charge in [0.05, 0.1) is 24.0 Å². The minimum Gasteiger partial charge on any atom is -0.391 e. The van der Waals surface area contributed by atoms with E-state index in [1.165, 1.54) is 0 Å². The molecular formula is C16H26N2O2. The smallest absolute Gasteiger partial charge is 0.0971 e. The second-order valence-electron chi connectivity index (χ2n) is 5.88. The number of piperidine rings is 1. The highest BCUT2D eigenvalue weighted by molar-refractivity contribution is 5.06. The molecule has 1 aromatic heterocycles. The van der Waals surface area contributed by atoms with Crippen LogP contribution in [0.5, 0.6) is 0 Å². The molecule has 1 aromatic rings. The Morgan fingerprint density at radius 3 is 2.55 bits per heavy atom. The monoisotopic (exact) mass is 278 g/mol. The number of aliphatic hydroxyl groups excluding tert-OH is 1. The topological polar surface area (TPSA) is 45.6 Å². The minimum absolute atomic E-state index is 0.0875. The van der Waals surface area contributed by atoms with Gasteiger partial charge < -0.3 is 14.7 Å². The van der Waals surface area contributed by atoms with Crippen molar-refractivity contribution in [3.8, 4) is 0 Å². The molecule has 1 fully saturated rings. The van der Waals surface area contributed by atoms with Crippen LogP contribution < -0.4 is 0 Å². The van der Waals surface area contributed by atoms with Crippen LogP contribution in [0, 0.1) is 5.92 Å².